The monoisotopic (exact) mass is 262 g/mol. The van der Waals surface area contributed by atoms with E-state index < -0.39 is 11.4 Å². The van der Waals surface area contributed by atoms with Gasteiger partial charge in [-0.3, -0.25) is 4.79 Å². The van der Waals surface area contributed by atoms with E-state index >= 15 is 0 Å². The number of carbonyl (C=O) groups is 1. The summed E-state index contributed by atoms with van der Waals surface area (Å²) < 4.78 is 11.3. The molecule has 0 radical (unpaired) electrons. The lowest BCUT2D eigenvalue weighted by molar-refractivity contribution is -0.143. The molecule has 1 fully saturated rings. The first-order valence-corrected chi connectivity index (χ1v) is 6.78. The van der Waals surface area contributed by atoms with Crippen LogP contribution in [0.1, 0.15) is 36.8 Å². The van der Waals surface area contributed by atoms with Crippen molar-refractivity contribution in [3.8, 4) is 11.5 Å². The van der Waals surface area contributed by atoms with Gasteiger partial charge < -0.3 is 14.6 Å². The minimum absolute atomic E-state index is 0.485. The van der Waals surface area contributed by atoms with Crippen molar-refractivity contribution in [1.29, 1.82) is 0 Å². The number of hydrogen-bond acceptors (Lipinski definition) is 3. The van der Waals surface area contributed by atoms with Crippen molar-refractivity contribution in [2.45, 2.75) is 38.0 Å². The molecule has 102 valence electrons. The maximum absolute atomic E-state index is 11.9. The molecule has 4 heteroatoms. The third-order valence-corrected chi connectivity index (χ3v) is 4.26. The molecule has 1 N–H and O–H groups in total. The van der Waals surface area contributed by atoms with Crippen LogP contribution in [0, 0.1) is 6.92 Å². The fourth-order valence-corrected chi connectivity index (χ4v) is 3.36. The fourth-order valence-electron chi connectivity index (χ4n) is 3.36. The molecule has 0 atom stereocenters. The van der Waals surface area contributed by atoms with Crippen molar-refractivity contribution >= 4 is 5.97 Å². The molecule has 1 aromatic carbocycles. The summed E-state index contributed by atoms with van der Waals surface area (Å²) >= 11 is 0. The maximum atomic E-state index is 11.9. The van der Waals surface area contributed by atoms with Crippen LogP contribution in [0.15, 0.2) is 12.1 Å². The molecular formula is C15H18O4. The maximum Gasteiger partial charge on any atom is 0.314 e. The second-order valence-electron chi connectivity index (χ2n) is 5.38. The first-order chi connectivity index (χ1) is 9.15. The minimum Gasteiger partial charge on any atom is -0.486 e. The summed E-state index contributed by atoms with van der Waals surface area (Å²) in [5.74, 6) is 0.589. The van der Waals surface area contributed by atoms with Crippen LogP contribution < -0.4 is 9.47 Å². The van der Waals surface area contributed by atoms with E-state index in [9.17, 15) is 9.90 Å². The minimum atomic E-state index is -0.796. The van der Waals surface area contributed by atoms with E-state index in [0.29, 0.717) is 37.6 Å². The number of carboxylic acid groups (broad SMARTS) is 1. The predicted octanol–water partition coefficient (Wildman–Crippen LogP) is 2.66. The van der Waals surface area contributed by atoms with Gasteiger partial charge in [-0.25, -0.2) is 0 Å². The number of fused-ring (bicyclic) bond motifs is 1. The van der Waals surface area contributed by atoms with Gasteiger partial charge in [0.2, 0.25) is 0 Å². The van der Waals surface area contributed by atoms with E-state index in [-0.39, 0.29) is 0 Å². The summed E-state index contributed by atoms with van der Waals surface area (Å²) in [5, 5.41) is 9.75. The summed E-state index contributed by atoms with van der Waals surface area (Å²) in [4.78, 5) is 11.9. The molecule has 1 saturated carbocycles. The van der Waals surface area contributed by atoms with Crippen LogP contribution in [0.25, 0.3) is 0 Å². The van der Waals surface area contributed by atoms with Crippen molar-refractivity contribution in [3.63, 3.8) is 0 Å². The molecule has 1 aliphatic carbocycles. The first kappa shape index (κ1) is 12.3. The Kier molecular flexibility index (Phi) is 2.88. The Bertz CT molecular complexity index is 515. The average molecular weight is 262 g/mol. The summed E-state index contributed by atoms with van der Waals surface area (Å²) in [6.07, 6.45) is 3.28. The van der Waals surface area contributed by atoms with Gasteiger partial charge in [-0.1, -0.05) is 18.9 Å². The Labute approximate surface area is 112 Å². The largest absolute Gasteiger partial charge is 0.486 e. The van der Waals surface area contributed by atoms with Crippen molar-refractivity contribution in [1.82, 2.24) is 0 Å². The second kappa shape index (κ2) is 4.44. The molecule has 0 bridgehead atoms. The number of aryl methyl sites for hydroxylation is 1. The second-order valence-corrected chi connectivity index (χ2v) is 5.38. The number of carboxylic acids is 1. The Morgan fingerprint density at radius 3 is 2.58 bits per heavy atom. The summed E-state index contributed by atoms with van der Waals surface area (Å²) in [7, 11) is 0. The Balaban J connectivity index is 2.20. The smallest absolute Gasteiger partial charge is 0.314 e. The van der Waals surface area contributed by atoms with Gasteiger partial charge in [0.1, 0.15) is 13.2 Å². The normalized spacial score (nSPS) is 20.3. The highest BCUT2D eigenvalue weighted by atomic mass is 16.6. The lowest BCUT2D eigenvalue weighted by Gasteiger charge is -2.31. The average Bonchev–Trinajstić information content (AvgIpc) is 2.89. The van der Waals surface area contributed by atoms with Crippen LogP contribution in [0.4, 0.5) is 0 Å². The zero-order valence-corrected chi connectivity index (χ0v) is 11.1. The van der Waals surface area contributed by atoms with Crippen molar-refractivity contribution in [2.75, 3.05) is 13.2 Å². The molecule has 0 amide bonds. The third kappa shape index (κ3) is 1.78. The van der Waals surface area contributed by atoms with Crippen LogP contribution >= 0.6 is 0 Å². The number of ether oxygens (including phenoxy) is 2. The molecule has 3 rings (SSSR count). The topological polar surface area (TPSA) is 55.8 Å². The third-order valence-electron chi connectivity index (χ3n) is 4.26. The molecule has 0 aromatic heterocycles. The Morgan fingerprint density at radius 1 is 1.21 bits per heavy atom. The van der Waals surface area contributed by atoms with Crippen LogP contribution in [0.5, 0.6) is 11.5 Å². The van der Waals surface area contributed by atoms with Gasteiger partial charge in [0.05, 0.1) is 5.41 Å². The predicted molar refractivity (Wildman–Crippen MR) is 70.0 cm³/mol. The van der Waals surface area contributed by atoms with E-state index in [0.717, 1.165) is 24.0 Å². The summed E-state index contributed by atoms with van der Waals surface area (Å²) in [6, 6.07) is 3.81. The van der Waals surface area contributed by atoms with E-state index in [2.05, 4.69) is 0 Å². The SMILES string of the molecule is Cc1ccc2c(c1C1(C(=O)O)CCCC1)OCCO2. The lowest BCUT2D eigenvalue weighted by Crippen LogP contribution is -2.35. The van der Waals surface area contributed by atoms with Gasteiger partial charge in [0.15, 0.2) is 11.5 Å². The molecule has 0 spiro atoms. The first-order valence-electron chi connectivity index (χ1n) is 6.78. The molecule has 0 saturated heterocycles. The van der Waals surface area contributed by atoms with Gasteiger partial charge in [0.25, 0.3) is 0 Å². The van der Waals surface area contributed by atoms with Gasteiger partial charge in [-0.15, -0.1) is 0 Å². The molecule has 0 unspecified atom stereocenters. The van der Waals surface area contributed by atoms with Crippen LogP contribution in [-0.4, -0.2) is 24.3 Å². The number of aliphatic carboxylic acids is 1. The number of rotatable bonds is 2. The standard InChI is InChI=1S/C15H18O4/c1-10-4-5-11-13(19-9-8-18-11)12(10)15(14(16)17)6-2-3-7-15/h4-5H,2-3,6-9H2,1H3,(H,16,17). The molecular weight excluding hydrogens is 244 g/mol. The van der Waals surface area contributed by atoms with E-state index in [1.807, 2.05) is 19.1 Å². The zero-order valence-electron chi connectivity index (χ0n) is 11.1. The van der Waals surface area contributed by atoms with Crippen molar-refractivity contribution < 1.29 is 19.4 Å². The molecule has 2 aliphatic rings. The van der Waals surface area contributed by atoms with Gasteiger partial charge >= 0.3 is 5.97 Å². The number of benzene rings is 1. The molecule has 1 aliphatic heterocycles. The fraction of sp³-hybridized carbons (Fsp3) is 0.533. The van der Waals surface area contributed by atoms with Gasteiger partial charge in [-0.2, -0.15) is 0 Å². The zero-order chi connectivity index (χ0) is 13.5. The highest BCUT2D eigenvalue weighted by Crippen LogP contribution is 2.49. The summed E-state index contributed by atoms with van der Waals surface area (Å²) in [6.45, 7) is 2.96. The van der Waals surface area contributed by atoms with E-state index in [1.54, 1.807) is 0 Å². The highest BCUT2D eigenvalue weighted by Gasteiger charge is 2.46. The van der Waals surface area contributed by atoms with Crippen LogP contribution in [0.3, 0.4) is 0 Å². The van der Waals surface area contributed by atoms with Gasteiger partial charge in [0, 0.05) is 5.56 Å². The molecule has 19 heavy (non-hydrogen) atoms. The Morgan fingerprint density at radius 2 is 1.89 bits per heavy atom. The highest BCUT2D eigenvalue weighted by molar-refractivity contribution is 5.84. The number of hydrogen-bond donors (Lipinski definition) is 1. The van der Waals surface area contributed by atoms with E-state index in [1.165, 1.54) is 0 Å². The molecule has 1 aromatic rings. The van der Waals surface area contributed by atoms with E-state index in [4.69, 9.17) is 9.47 Å². The van der Waals surface area contributed by atoms with Crippen LogP contribution in [0.2, 0.25) is 0 Å². The quantitative estimate of drug-likeness (QED) is 0.890. The molecule has 1 heterocycles. The van der Waals surface area contributed by atoms with Crippen LogP contribution in [-0.2, 0) is 10.2 Å². The van der Waals surface area contributed by atoms with Crippen molar-refractivity contribution in [3.05, 3.63) is 23.3 Å². The van der Waals surface area contributed by atoms with Gasteiger partial charge in [-0.05, 0) is 31.4 Å². The summed E-state index contributed by atoms with van der Waals surface area (Å²) in [5.41, 5.74) is 1.01. The van der Waals surface area contributed by atoms with Crippen molar-refractivity contribution in [2.24, 2.45) is 0 Å². The molecule has 4 nitrogen and oxygen atoms in total. The lowest BCUT2D eigenvalue weighted by atomic mass is 9.76. The Hall–Kier alpha value is -1.71.